The van der Waals surface area contributed by atoms with Crippen molar-refractivity contribution in [3.05, 3.63) is 0 Å². The molecule has 0 saturated heterocycles. The van der Waals surface area contributed by atoms with E-state index >= 15 is 0 Å². The first-order valence-corrected chi connectivity index (χ1v) is 9.73. The number of rotatable bonds is 12. The molecule has 0 atom stereocenters. The molecule has 0 aromatic rings. The summed E-state index contributed by atoms with van der Waals surface area (Å²) in [5.74, 6) is 0.532. The van der Waals surface area contributed by atoms with Crippen LogP contribution in [0, 0.1) is 5.92 Å². The molecule has 0 unspecified atom stereocenters. The fourth-order valence-electron chi connectivity index (χ4n) is 2.26. The van der Waals surface area contributed by atoms with Gasteiger partial charge in [0.15, 0.2) is 0 Å². The smallest absolute Gasteiger partial charge is 0.281 e. The summed E-state index contributed by atoms with van der Waals surface area (Å²) in [5.41, 5.74) is 0. The van der Waals surface area contributed by atoms with Gasteiger partial charge in [-0.2, -0.15) is 17.0 Å². The van der Waals surface area contributed by atoms with Crippen LogP contribution in [0.1, 0.15) is 52.9 Å². The van der Waals surface area contributed by atoms with Gasteiger partial charge in [-0.3, -0.25) is 0 Å². The topological polar surface area (TPSA) is 52.7 Å². The van der Waals surface area contributed by atoms with Crippen molar-refractivity contribution >= 4 is 10.2 Å². The first-order valence-electron chi connectivity index (χ1n) is 8.33. The van der Waals surface area contributed by atoms with Gasteiger partial charge in [0.1, 0.15) is 0 Å². The van der Waals surface area contributed by atoms with E-state index in [1.807, 2.05) is 0 Å². The van der Waals surface area contributed by atoms with Crippen LogP contribution in [0.15, 0.2) is 0 Å². The maximum absolute atomic E-state index is 12.7. The van der Waals surface area contributed by atoms with Gasteiger partial charge in [-0.05, 0) is 51.1 Å². The molecule has 1 saturated carbocycles. The lowest BCUT2D eigenvalue weighted by Crippen LogP contribution is -2.44. The molecule has 126 valence electrons. The molecule has 5 nitrogen and oxygen atoms in total. The highest BCUT2D eigenvalue weighted by molar-refractivity contribution is 7.86. The molecule has 21 heavy (non-hydrogen) atoms. The molecule has 1 fully saturated rings. The van der Waals surface area contributed by atoms with Gasteiger partial charge >= 0.3 is 0 Å². The van der Waals surface area contributed by atoms with E-state index in [4.69, 9.17) is 0 Å². The Kier molecular flexibility index (Phi) is 8.16. The zero-order valence-electron chi connectivity index (χ0n) is 14.1. The molecule has 0 heterocycles. The van der Waals surface area contributed by atoms with Gasteiger partial charge in [-0.1, -0.05) is 20.8 Å². The van der Waals surface area contributed by atoms with Gasteiger partial charge in [-0.25, -0.2) is 0 Å². The van der Waals surface area contributed by atoms with Crippen molar-refractivity contribution in [1.29, 1.82) is 0 Å². The van der Waals surface area contributed by atoms with Crippen LogP contribution in [-0.4, -0.2) is 56.3 Å². The molecule has 0 bridgehead atoms. The fraction of sp³-hybridized carbons (Fsp3) is 1.00. The summed E-state index contributed by atoms with van der Waals surface area (Å²) in [6, 6.07) is 0.245. The Bertz CT molecular complexity index is 380. The maximum atomic E-state index is 12.7. The van der Waals surface area contributed by atoms with Crippen molar-refractivity contribution in [2.75, 3.05) is 33.2 Å². The zero-order valence-corrected chi connectivity index (χ0v) is 15.0. The average molecular weight is 320 g/mol. The number of nitrogens with one attached hydrogen (secondary N) is 1. The number of hydrogen-bond donors (Lipinski definition) is 1. The van der Waals surface area contributed by atoms with Gasteiger partial charge < -0.3 is 5.32 Å². The summed E-state index contributed by atoms with van der Waals surface area (Å²) < 4.78 is 28.6. The normalized spacial score (nSPS) is 16.3. The van der Waals surface area contributed by atoms with Crippen LogP contribution in [0.5, 0.6) is 0 Å². The Morgan fingerprint density at radius 1 is 1.19 bits per heavy atom. The van der Waals surface area contributed by atoms with E-state index in [1.54, 1.807) is 11.4 Å². The van der Waals surface area contributed by atoms with Crippen LogP contribution in [0.25, 0.3) is 0 Å². The summed E-state index contributed by atoms with van der Waals surface area (Å²) >= 11 is 0. The van der Waals surface area contributed by atoms with Gasteiger partial charge in [-0.15, -0.1) is 0 Å². The number of hydrogen-bond acceptors (Lipinski definition) is 3. The number of nitrogens with zero attached hydrogens (tertiary/aromatic N) is 2. The highest BCUT2D eigenvalue weighted by Crippen LogP contribution is 2.30. The Morgan fingerprint density at radius 2 is 1.86 bits per heavy atom. The van der Waals surface area contributed by atoms with Gasteiger partial charge in [0.05, 0.1) is 0 Å². The van der Waals surface area contributed by atoms with Gasteiger partial charge in [0, 0.05) is 26.2 Å². The van der Waals surface area contributed by atoms with Crippen LogP contribution in [0.4, 0.5) is 0 Å². The third-order valence-electron chi connectivity index (χ3n) is 3.82. The Labute approximate surface area is 131 Å². The van der Waals surface area contributed by atoms with Crippen LogP contribution in [0.2, 0.25) is 0 Å². The summed E-state index contributed by atoms with van der Waals surface area (Å²) in [6.07, 6.45) is 4.94. The van der Waals surface area contributed by atoms with Crippen LogP contribution >= 0.6 is 0 Å². The molecule has 1 aliphatic rings. The van der Waals surface area contributed by atoms with Gasteiger partial charge in [0.2, 0.25) is 0 Å². The van der Waals surface area contributed by atoms with E-state index in [-0.39, 0.29) is 6.04 Å². The fourth-order valence-corrected chi connectivity index (χ4v) is 3.90. The van der Waals surface area contributed by atoms with E-state index in [9.17, 15) is 8.42 Å². The maximum Gasteiger partial charge on any atom is 0.281 e. The Balaban J connectivity index is 2.46. The predicted octanol–water partition coefficient (Wildman–Crippen LogP) is 2.06. The quantitative estimate of drug-likeness (QED) is 0.560. The van der Waals surface area contributed by atoms with Crippen molar-refractivity contribution in [2.45, 2.75) is 58.9 Å². The second kappa shape index (κ2) is 9.08. The summed E-state index contributed by atoms with van der Waals surface area (Å²) in [7, 11) is -1.58. The minimum atomic E-state index is -3.29. The molecule has 0 spiro atoms. The van der Waals surface area contributed by atoms with E-state index in [0.29, 0.717) is 19.0 Å². The van der Waals surface area contributed by atoms with Crippen LogP contribution in [-0.2, 0) is 10.2 Å². The Hall–Kier alpha value is -0.170. The Morgan fingerprint density at radius 3 is 2.38 bits per heavy atom. The highest BCUT2D eigenvalue weighted by atomic mass is 32.2. The second-order valence-corrected chi connectivity index (χ2v) is 8.45. The zero-order chi connectivity index (χ0) is 15.9. The van der Waals surface area contributed by atoms with Crippen molar-refractivity contribution in [3.63, 3.8) is 0 Å². The lowest BCUT2D eigenvalue weighted by Gasteiger charge is -2.28. The van der Waals surface area contributed by atoms with Gasteiger partial charge in [0.25, 0.3) is 10.2 Å². The molecule has 1 rings (SSSR count). The lowest BCUT2D eigenvalue weighted by atomic mass is 10.1. The minimum Gasteiger partial charge on any atom is -0.317 e. The van der Waals surface area contributed by atoms with Crippen LogP contribution < -0.4 is 5.32 Å². The molecular weight excluding hydrogens is 286 g/mol. The molecule has 1 aliphatic carbocycles. The molecule has 0 aliphatic heterocycles. The SMILES string of the molecule is CCCNCCCN(C)S(=O)(=O)N(CCC(C)C)C1CC1. The van der Waals surface area contributed by atoms with Crippen molar-refractivity contribution in [3.8, 4) is 0 Å². The molecule has 0 amide bonds. The molecule has 1 N–H and O–H groups in total. The molecule has 0 aromatic heterocycles. The molecule has 0 aromatic carbocycles. The third-order valence-corrected chi connectivity index (χ3v) is 5.87. The summed E-state index contributed by atoms with van der Waals surface area (Å²) in [4.78, 5) is 0. The first kappa shape index (κ1) is 18.9. The second-order valence-electron chi connectivity index (χ2n) is 6.46. The largest absolute Gasteiger partial charge is 0.317 e. The molecule has 6 heteroatoms. The predicted molar refractivity (Wildman–Crippen MR) is 88.5 cm³/mol. The van der Waals surface area contributed by atoms with Crippen LogP contribution in [0.3, 0.4) is 0 Å². The van der Waals surface area contributed by atoms with E-state index < -0.39 is 10.2 Å². The standard InChI is InChI=1S/C15H33N3O2S/c1-5-10-16-11-6-12-17(4)21(19,20)18(15-7-8-15)13-9-14(2)3/h14-16H,5-13H2,1-4H3. The summed E-state index contributed by atoms with van der Waals surface area (Å²) in [6.45, 7) is 9.53. The van der Waals surface area contributed by atoms with Crippen molar-refractivity contribution < 1.29 is 8.42 Å². The van der Waals surface area contributed by atoms with E-state index in [2.05, 4.69) is 26.1 Å². The van der Waals surface area contributed by atoms with E-state index in [1.165, 1.54) is 4.31 Å². The lowest BCUT2D eigenvalue weighted by molar-refractivity contribution is 0.333. The minimum absolute atomic E-state index is 0.245. The van der Waals surface area contributed by atoms with Crippen molar-refractivity contribution in [1.82, 2.24) is 13.9 Å². The van der Waals surface area contributed by atoms with E-state index in [0.717, 1.165) is 45.2 Å². The third kappa shape index (κ3) is 6.63. The average Bonchev–Trinajstić information content (AvgIpc) is 3.22. The molecular formula is C15H33N3O2S. The van der Waals surface area contributed by atoms with Crippen molar-refractivity contribution in [2.24, 2.45) is 5.92 Å². The monoisotopic (exact) mass is 319 g/mol. The molecule has 0 radical (unpaired) electrons. The summed E-state index contributed by atoms with van der Waals surface area (Å²) in [5, 5.41) is 3.31. The highest BCUT2D eigenvalue weighted by Gasteiger charge is 2.38. The first-order chi connectivity index (χ1) is 9.89.